The number of carbonyl (C=O) groups is 1. The molecule has 0 N–H and O–H groups in total. The zero-order chi connectivity index (χ0) is 10.7. The number of carboxylic acids is 1. The first-order valence-electron chi connectivity index (χ1n) is 4.29. The number of carbonyl (C=O) groups excluding carboxylic acids is 1. The van der Waals surface area contributed by atoms with Crippen LogP contribution in [0.15, 0.2) is 30.3 Å². The van der Waals surface area contributed by atoms with Crippen molar-refractivity contribution < 1.29 is 61.3 Å². The van der Waals surface area contributed by atoms with E-state index in [0.29, 0.717) is 6.54 Å². The van der Waals surface area contributed by atoms with Crippen LogP contribution in [0.3, 0.4) is 0 Å². The summed E-state index contributed by atoms with van der Waals surface area (Å²) in [6.07, 6.45) is 0. The van der Waals surface area contributed by atoms with E-state index in [-0.39, 0.29) is 57.2 Å². The average Bonchev–Trinajstić information content (AvgIpc) is 2.67. The first-order valence-corrected chi connectivity index (χ1v) is 4.29. The van der Waals surface area contributed by atoms with Crippen LogP contribution in [0.5, 0.6) is 0 Å². The molecule has 1 heterocycles. The van der Waals surface area contributed by atoms with Gasteiger partial charge >= 0.3 is 51.4 Å². The van der Waals surface area contributed by atoms with Gasteiger partial charge in [0.15, 0.2) is 5.82 Å². The fourth-order valence-corrected chi connectivity index (χ4v) is 1.21. The molecule has 0 aliphatic heterocycles. The maximum absolute atomic E-state index is 10.6. The predicted molar refractivity (Wildman–Crippen MR) is 47.7 cm³/mol. The molecule has 76 valence electrons. The Hall–Kier alpha value is -0.604. The molecule has 0 aliphatic carbocycles. The molecule has 16 heavy (non-hydrogen) atoms. The summed E-state index contributed by atoms with van der Waals surface area (Å²) in [7, 11) is 0. The summed E-state index contributed by atoms with van der Waals surface area (Å²) in [5.41, 5.74) is 0.923. The zero-order valence-corrected chi connectivity index (χ0v) is 11.8. The molecule has 7 heteroatoms. The molecule has 0 amide bonds. The first-order chi connectivity index (χ1) is 7.27. The summed E-state index contributed by atoms with van der Waals surface area (Å²) < 4.78 is 1.19. The third-order valence-corrected chi connectivity index (χ3v) is 1.89. The summed E-state index contributed by atoms with van der Waals surface area (Å²) in [6, 6.07) is 9.32. The number of carboxylic acid groups (broad SMARTS) is 1. The molecule has 0 saturated carbocycles. The van der Waals surface area contributed by atoms with E-state index in [1.807, 2.05) is 30.3 Å². The number of hydrogen-bond acceptors (Lipinski definition) is 5. The van der Waals surface area contributed by atoms with Crippen molar-refractivity contribution in [3.05, 3.63) is 41.7 Å². The van der Waals surface area contributed by atoms with Crippen LogP contribution >= 0.6 is 0 Å². The summed E-state index contributed by atoms with van der Waals surface area (Å²) in [5.74, 6) is -1.64. The second-order valence-corrected chi connectivity index (χ2v) is 2.93. The van der Waals surface area contributed by atoms with E-state index >= 15 is 0 Å². The van der Waals surface area contributed by atoms with Crippen LogP contribution in [-0.2, 0) is 6.54 Å². The van der Waals surface area contributed by atoms with E-state index in [1.54, 1.807) is 0 Å². The predicted octanol–water partition coefficient (Wildman–Crippen LogP) is -3.91. The van der Waals surface area contributed by atoms with Crippen LogP contribution in [0.25, 0.3) is 0 Å². The Morgan fingerprint density at radius 3 is 2.62 bits per heavy atom. The Morgan fingerprint density at radius 1 is 1.31 bits per heavy atom. The van der Waals surface area contributed by atoms with Gasteiger partial charge in [0.25, 0.3) is 0 Å². The molecule has 0 fully saturated rings. The van der Waals surface area contributed by atoms with E-state index < -0.39 is 5.97 Å². The van der Waals surface area contributed by atoms with Crippen LogP contribution in [0.4, 0.5) is 0 Å². The van der Waals surface area contributed by atoms with Crippen molar-refractivity contribution in [2.24, 2.45) is 0 Å². The Bertz CT molecular complexity index is 471. The van der Waals surface area contributed by atoms with E-state index in [2.05, 4.69) is 15.5 Å². The molecular formula is C9H7KN4O2. The van der Waals surface area contributed by atoms with E-state index in [1.165, 1.54) is 4.68 Å². The van der Waals surface area contributed by atoms with E-state index in [0.717, 1.165) is 5.56 Å². The van der Waals surface area contributed by atoms with Crippen LogP contribution in [0, 0.1) is 0 Å². The van der Waals surface area contributed by atoms with Crippen molar-refractivity contribution in [3.8, 4) is 0 Å². The van der Waals surface area contributed by atoms with Gasteiger partial charge in [0.05, 0.1) is 6.54 Å². The van der Waals surface area contributed by atoms with Crippen molar-refractivity contribution in [2.45, 2.75) is 6.54 Å². The zero-order valence-electron chi connectivity index (χ0n) is 8.70. The molecule has 6 nitrogen and oxygen atoms in total. The minimum Gasteiger partial charge on any atom is -0.541 e. The van der Waals surface area contributed by atoms with Crippen molar-refractivity contribution in [1.82, 2.24) is 20.2 Å². The minimum absolute atomic E-state index is 0. The largest absolute Gasteiger partial charge is 1.00 e. The number of tetrazole rings is 1. The van der Waals surface area contributed by atoms with Gasteiger partial charge in [0.1, 0.15) is 5.97 Å². The van der Waals surface area contributed by atoms with Crippen LogP contribution in [-0.4, -0.2) is 26.2 Å². The Morgan fingerprint density at radius 2 is 2.00 bits per heavy atom. The fourth-order valence-electron chi connectivity index (χ4n) is 1.21. The summed E-state index contributed by atoms with van der Waals surface area (Å²) in [5, 5.41) is 20.8. The maximum Gasteiger partial charge on any atom is 1.00 e. The SMILES string of the molecule is O=C([O-])c1nnnn1Cc1ccccc1.[K+]. The van der Waals surface area contributed by atoms with Gasteiger partial charge in [-0.2, -0.15) is 0 Å². The molecular weight excluding hydrogens is 235 g/mol. The molecule has 2 rings (SSSR count). The second kappa shape index (κ2) is 6.21. The first kappa shape index (κ1) is 13.5. The van der Waals surface area contributed by atoms with Gasteiger partial charge in [0.2, 0.25) is 0 Å². The molecule has 0 bridgehead atoms. The number of hydrogen-bond donors (Lipinski definition) is 0. The molecule has 1 aromatic heterocycles. The molecule has 0 unspecified atom stereocenters. The summed E-state index contributed by atoms with van der Waals surface area (Å²) in [4.78, 5) is 10.6. The number of rotatable bonds is 3. The number of aromatic carboxylic acids is 1. The van der Waals surface area contributed by atoms with Gasteiger partial charge in [-0.3, -0.25) is 0 Å². The van der Waals surface area contributed by atoms with Gasteiger partial charge in [-0.1, -0.05) is 30.3 Å². The normalized spacial score (nSPS) is 9.50. The molecule has 2 aromatic rings. The summed E-state index contributed by atoms with van der Waals surface area (Å²) >= 11 is 0. The van der Waals surface area contributed by atoms with Crippen LogP contribution in [0.1, 0.15) is 16.2 Å². The monoisotopic (exact) mass is 242 g/mol. The molecule has 0 aliphatic rings. The van der Waals surface area contributed by atoms with Crippen molar-refractivity contribution in [1.29, 1.82) is 0 Å². The van der Waals surface area contributed by atoms with Gasteiger partial charge < -0.3 is 9.90 Å². The van der Waals surface area contributed by atoms with Gasteiger partial charge in [-0.25, -0.2) is 4.68 Å². The molecule has 0 saturated heterocycles. The molecule has 1 aromatic carbocycles. The maximum atomic E-state index is 10.6. The standard InChI is InChI=1S/C9H8N4O2.K/c14-9(15)8-10-11-12-13(8)6-7-4-2-1-3-5-7;/h1-5H,6H2,(H,14,15);/q;+1/p-1. The molecule has 0 atom stereocenters. The van der Waals surface area contributed by atoms with Gasteiger partial charge in [-0.05, 0) is 16.0 Å². The Kier molecular flexibility index (Phi) is 5.23. The average molecular weight is 242 g/mol. The summed E-state index contributed by atoms with van der Waals surface area (Å²) in [6.45, 7) is 0.317. The third kappa shape index (κ3) is 3.19. The smallest absolute Gasteiger partial charge is 0.541 e. The van der Waals surface area contributed by atoms with Crippen molar-refractivity contribution >= 4 is 5.97 Å². The number of nitrogens with zero attached hydrogens (tertiary/aromatic N) is 4. The Labute approximate surface area is 134 Å². The fraction of sp³-hybridized carbons (Fsp3) is 0.111. The minimum atomic E-state index is -1.38. The Balaban J connectivity index is 0.00000128. The topological polar surface area (TPSA) is 83.7 Å². The van der Waals surface area contributed by atoms with Crippen molar-refractivity contribution in [2.75, 3.05) is 0 Å². The third-order valence-electron chi connectivity index (χ3n) is 1.89. The van der Waals surface area contributed by atoms with Crippen LogP contribution < -0.4 is 56.5 Å². The van der Waals surface area contributed by atoms with Gasteiger partial charge in [0, 0.05) is 0 Å². The quantitative estimate of drug-likeness (QED) is 0.514. The second-order valence-electron chi connectivity index (χ2n) is 2.93. The number of aromatic nitrogens is 4. The van der Waals surface area contributed by atoms with Crippen molar-refractivity contribution in [3.63, 3.8) is 0 Å². The van der Waals surface area contributed by atoms with Gasteiger partial charge in [-0.15, -0.1) is 5.10 Å². The molecule has 0 radical (unpaired) electrons. The van der Waals surface area contributed by atoms with E-state index in [9.17, 15) is 9.90 Å². The molecule has 0 spiro atoms. The van der Waals surface area contributed by atoms with Crippen LogP contribution in [0.2, 0.25) is 0 Å². The number of benzene rings is 1. The van der Waals surface area contributed by atoms with E-state index in [4.69, 9.17) is 0 Å².